The van der Waals surface area contributed by atoms with Gasteiger partial charge < -0.3 is 5.32 Å². The highest BCUT2D eigenvalue weighted by molar-refractivity contribution is 5.95. The minimum atomic E-state index is -4.89. The number of benzene rings is 1. The van der Waals surface area contributed by atoms with Gasteiger partial charge in [-0.25, -0.2) is 0 Å². The van der Waals surface area contributed by atoms with Crippen molar-refractivity contribution in [2.75, 3.05) is 5.32 Å². The predicted molar refractivity (Wildman–Crippen MR) is 78.5 cm³/mol. The molecule has 21 heavy (non-hydrogen) atoms. The van der Waals surface area contributed by atoms with E-state index in [0.717, 1.165) is 11.1 Å². The van der Waals surface area contributed by atoms with E-state index in [1.807, 2.05) is 52.9 Å². The Balaban J connectivity index is 3.30. The van der Waals surface area contributed by atoms with E-state index < -0.39 is 12.1 Å². The van der Waals surface area contributed by atoms with E-state index in [1.165, 1.54) is 0 Å². The van der Waals surface area contributed by atoms with Crippen LogP contribution in [0, 0.1) is 0 Å². The topological polar surface area (TPSA) is 29.1 Å². The maximum atomic E-state index is 12.4. The van der Waals surface area contributed by atoms with Gasteiger partial charge in [0.05, 0.1) is 0 Å². The second-order valence-electron chi connectivity index (χ2n) is 7.25. The number of hydrogen-bond acceptors (Lipinski definition) is 1. The summed E-state index contributed by atoms with van der Waals surface area (Å²) in [6.07, 6.45) is -4.89. The lowest BCUT2D eigenvalue weighted by Gasteiger charge is -2.26. The SMILES string of the molecule is CC(C)(C)c1cc(NC(=O)C(F)(F)F)cc(C(C)(C)C)c1. The third kappa shape index (κ3) is 4.76. The average Bonchev–Trinajstić information content (AvgIpc) is 2.24. The van der Waals surface area contributed by atoms with E-state index in [-0.39, 0.29) is 16.5 Å². The number of carbonyl (C=O) groups excluding carboxylic acids is 1. The summed E-state index contributed by atoms with van der Waals surface area (Å²) in [5, 5.41) is 1.94. The van der Waals surface area contributed by atoms with Crippen LogP contribution in [0.15, 0.2) is 18.2 Å². The molecule has 118 valence electrons. The summed E-state index contributed by atoms with van der Waals surface area (Å²) < 4.78 is 37.2. The Labute approximate surface area is 123 Å². The largest absolute Gasteiger partial charge is 0.471 e. The monoisotopic (exact) mass is 301 g/mol. The van der Waals surface area contributed by atoms with Gasteiger partial charge in [-0.1, -0.05) is 47.6 Å². The first-order valence-corrected chi connectivity index (χ1v) is 6.75. The molecular formula is C16H22F3NO. The normalized spacial score (nSPS) is 13.2. The lowest BCUT2D eigenvalue weighted by atomic mass is 9.80. The van der Waals surface area contributed by atoms with Crippen LogP contribution in [0.25, 0.3) is 0 Å². The van der Waals surface area contributed by atoms with Gasteiger partial charge in [-0.3, -0.25) is 4.79 Å². The standard InChI is InChI=1S/C16H22F3NO/c1-14(2,3)10-7-11(15(4,5)6)9-12(8-10)20-13(21)16(17,18)19/h7-9H,1-6H3,(H,20,21). The summed E-state index contributed by atoms with van der Waals surface area (Å²) in [6, 6.07) is 5.17. The number of alkyl halides is 3. The second kappa shape index (κ2) is 5.35. The molecular weight excluding hydrogens is 279 g/mol. The summed E-state index contributed by atoms with van der Waals surface area (Å²) in [7, 11) is 0. The zero-order valence-corrected chi connectivity index (χ0v) is 13.3. The van der Waals surface area contributed by atoms with E-state index in [4.69, 9.17) is 0 Å². The van der Waals surface area contributed by atoms with Gasteiger partial charge in [-0.2, -0.15) is 13.2 Å². The summed E-state index contributed by atoms with van der Waals surface area (Å²) >= 11 is 0. The molecule has 1 N–H and O–H groups in total. The highest BCUT2D eigenvalue weighted by Crippen LogP contribution is 2.32. The fourth-order valence-corrected chi connectivity index (χ4v) is 1.77. The van der Waals surface area contributed by atoms with Crippen LogP contribution < -0.4 is 5.32 Å². The van der Waals surface area contributed by atoms with Gasteiger partial charge in [-0.05, 0) is 34.1 Å². The molecule has 2 nitrogen and oxygen atoms in total. The molecule has 0 atom stereocenters. The molecule has 5 heteroatoms. The fraction of sp³-hybridized carbons (Fsp3) is 0.562. The van der Waals surface area contributed by atoms with Crippen LogP contribution in [-0.2, 0) is 15.6 Å². The Morgan fingerprint density at radius 2 is 1.24 bits per heavy atom. The average molecular weight is 301 g/mol. The zero-order chi connectivity index (χ0) is 16.6. The number of nitrogens with one attached hydrogen (secondary N) is 1. The van der Waals surface area contributed by atoms with E-state index in [0.29, 0.717) is 0 Å². The molecule has 0 unspecified atom stereocenters. The van der Waals surface area contributed by atoms with E-state index in [2.05, 4.69) is 0 Å². The van der Waals surface area contributed by atoms with Gasteiger partial charge in [0, 0.05) is 5.69 Å². The Bertz CT molecular complexity index is 502. The molecule has 0 bridgehead atoms. The number of hydrogen-bond donors (Lipinski definition) is 1. The third-order valence-electron chi connectivity index (χ3n) is 3.18. The smallest absolute Gasteiger partial charge is 0.318 e. The van der Waals surface area contributed by atoms with E-state index in [1.54, 1.807) is 12.1 Å². The van der Waals surface area contributed by atoms with Crippen molar-refractivity contribution in [3.8, 4) is 0 Å². The van der Waals surface area contributed by atoms with Gasteiger partial charge in [-0.15, -0.1) is 0 Å². The molecule has 0 fully saturated rings. The number of amides is 1. The predicted octanol–water partition coefficient (Wildman–Crippen LogP) is 4.78. The van der Waals surface area contributed by atoms with Crippen molar-refractivity contribution >= 4 is 11.6 Å². The molecule has 0 saturated carbocycles. The molecule has 0 aromatic heterocycles. The third-order valence-corrected chi connectivity index (χ3v) is 3.18. The molecule has 0 heterocycles. The summed E-state index contributed by atoms with van der Waals surface area (Å²) in [5.74, 6) is -1.95. The van der Waals surface area contributed by atoms with Crippen molar-refractivity contribution in [2.45, 2.75) is 58.5 Å². The van der Waals surface area contributed by atoms with Gasteiger partial charge in [0.1, 0.15) is 0 Å². The molecule has 1 amide bonds. The van der Waals surface area contributed by atoms with Crippen LogP contribution in [0.3, 0.4) is 0 Å². The molecule has 0 aliphatic rings. The fourth-order valence-electron chi connectivity index (χ4n) is 1.77. The molecule has 0 radical (unpaired) electrons. The van der Waals surface area contributed by atoms with Crippen LogP contribution in [-0.4, -0.2) is 12.1 Å². The lowest BCUT2D eigenvalue weighted by Crippen LogP contribution is -2.30. The maximum Gasteiger partial charge on any atom is 0.471 e. The van der Waals surface area contributed by atoms with Crippen molar-refractivity contribution in [1.29, 1.82) is 0 Å². The Morgan fingerprint density at radius 3 is 1.52 bits per heavy atom. The molecule has 0 saturated heterocycles. The number of carbonyl (C=O) groups is 1. The Kier molecular flexibility index (Phi) is 4.47. The molecule has 1 aromatic carbocycles. The van der Waals surface area contributed by atoms with Crippen LogP contribution in [0.5, 0.6) is 0 Å². The number of anilines is 1. The van der Waals surface area contributed by atoms with Crippen LogP contribution in [0.4, 0.5) is 18.9 Å². The molecule has 1 aromatic rings. The minimum Gasteiger partial charge on any atom is -0.318 e. The van der Waals surface area contributed by atoms with E-state index >= 15 is 0 Å². The summed E-state index contributed by atoms with van der Waals surface area (Å²) in [5.41, 5.74) is 1.49. The second-order valence-corrected chi connectivity index (χ2v) is 7.25. The van der Waals surface area contributed by atoms with E-state index in [9.17, 15) is 18.0 Å². The molecule has 1 rings (SSSR count). The molecule has 0 aliphatic heterocycles. The summed E-state index contributed by atoms with van der Waals surface area (Å²) in [4.78, 5) is 11.1. The van der Waals surface area contributed by atoms with Gasteiger partial charge >= 0.3 is 12.1 Å². The molecule has 0 spiro atoms. The first-order valence-electron chi connectivity index (χ1n) is 6.75. The number of rotatable bonds is 1. The van der Waals surface area contributed by atoms with Crippen LogP contribution >= 0.6 is 0 Å². The summed E-state index contributed by atoms with van der Waals surface area (Å²) in [6.45, 7) is 11.9. The van der Waals surface area contributed by atoms with Crippen LogP contribution in [0.1, 0.15) is 52.7 Å². The van der Waals surface area contributed by atoms with Crippen LogP contribution in [0.2, 0.25) is 0 Å². The number of halogens is 3. The Morgan fingerprint density at radius 1 is 0.857 bits per heavy atom. The first-order chi connectivity index (χ1) is 9.21. The van der Waals surface area contributed by atoms with Crippen molar-refractivity contribution in [1.82, 2.24) is 0 Å². The minimum absolute atomic E-state index is 0.176. The van der Waals surface area contributed by atoms with Gasteiger partial charge in [0.2, 0.25) is 0 Å². The van der Waals surface area contributed by atoms with Crippen molar-refractivity contribution in [3.63, 3.8) is 0 Å². The van der Waals surface area contributed by atoms with Crippen molar-refractivity contribution in [3.05, 3.63) is 29.3 Å². The first kappa shape index (κ1) is 17.5. The zero-order valence-electron chi connectivity index (χ0n) is 13.3. The maximum absolute atomic E-state index is 12.4. The van der Waals surface area contributed by atoms with Gasteiger partial charge in [0.15, 0.2) is 0 Å². The quantitative estimate of drug-likeness (QED) is 0.794. The lowest BCUT2D eigenvalue weighted by molar-refractivity contribution is -0.167. The highest BCUT2D eigenvalue weighted by atomic mass is 19.4. The Hall–Kier alpha value is -1.52. The van der Waals surface area contributed by atoms with Gasteiger partial charge in [0.25, 0.3) is 0 Å². The molecule has 0 aliphatic carbocycles. The van der Waals surface area contributed by atoms with Crippen molar-refractivity contribution < 1.29 is 18.0 Å². The van der Waals surface area contributed by atoms with Crippen molar-refractivity contribution in [2.24, 2.45) is 0 Å². The highest BCUT2D eigenvalue weighted by Gasteiger charge is 2.38.